The van der Waals surface area contributed by atoms with Crippen molar-refractivity contribution in [2.24, 2.45) is 0 Å². The van der Waals surface area contributed by atoms with Gasteiger partial charge in [0.1, 0.15) is 5.75 Å². The van der Waals surface area contributed by atoms with Crippen LogP contribution in [-0.4, -0.2) is 11.6 Å². The molecule has 44 heavy (non-hydrogen) atoms. The maximum absolute atomic E-state index is 5.74. The van der Waals surface area contributed by atoms with Gasteiger partial charge in [-0.2, -0.15) is 0 Å². The molecule has 1 N–H and O–H groups in total. The highest BCUT2D eigenvalue weighted by Crippen LogP contribution is 2.52. The van der Waals surface area contributed by atoms with Gasteiger partial charge in [-0.05, 0) is 95.4 Å². The summed E-state index contributed by atoms with van der Waals surface area (Å²) in [6.45, 7) is 7.39. The van der Waals surface area contributed by atoms with Crippen molar-refractivity contribution in [3.63, 3.8) is 0 Å². The Labute approximate surface area is 258 Å². The van der Waals surface area contributed by atoms with E-state index in [1.165, 1.54) is 55.2 Å². The number of H-pyrrole nitrogens is 1. The molecule has 6 aromatic carbocycles. The average Bonchev–Trinajstić information content (AvgIpc) is 3.55. The van der Waals surface area contributed by atoms with E-state index in [9.17, 15) is 0 Å². The largest absolute Gasteiger partial charge is 0.494 e. The fourth-order valence-electron chi connectivity index (χ4n) is 7.03. The lowest BCUT2D eigenvalue weighted by Gasteiger charge is -2.28. The van der Waals surface area contributed by atoms with Gasteiger partial charge in [0, 0.05) is 44.3 Å². The minimum Gasteiger partial charge on any atom is -0.494 e. The third-order valence-corrected chi connectivity index (χ3v) is 9.19. The Morgan fingerprint density at radius 2 is 1.25 bits per heavy atom. The topological polar surface area (TPSA) is 28.3 Å². The van der Waals surface area contributed by atoms with Gasteiger partial charge in [0.05, 0.1) is 12.1 Å². The summed E-state index contributed by atoms with van der Waals surface area (Å²) in [6, 6.07) is 48.1. The zero-order chi connectivity index (χ0) is 29.8. The highest BCUT2D eigenvalue weighted by Gasteiger charge is 2.36. The van der Waals surface area contributed by atoms with Gasteiger partial charge in [0.15, 0.2) is 0 Å². The molecule has 7 aromatic rings. The van der Waals surface area contributed by atoms with Crippen LogP contribution in [0.25, 0.3) is 44.1 Å². The Morgan fingerprint density at radius 1 is 0.591 bits per heavy atom. The smallest absolute Gasteiger partial charge is 0.119 e. The fraction of sp³-hybridized carbons (Fsp3) is 0.122. The molecule has 0 amide bonds. The standard InChI is InChI=1S/C41H34N2O/c1-4-44-31-21-18-29(19-22-31)43(28-11-6-5-7-12-28)30-20-24-34-33-23-17-27(25-37(33)41(2,3)38(34)26-30)32-14-10-15-36-35-13-8-9-16-39(35)42-40(32)36/h5-26,42H,4H2,1-3H3. The van der Waals surface area contributed by atoms with Crippen molar-refractivity contribution < 1.29 is 4.74 Å². The van der Waals surface area contributed by atoms with Crippen LogP contribution in [0.5, 0.6) is 5.75 Å². The van der Waals surface area contributed by atoms with Gasteiger partial charge in [0.25, 0.3) is 0 Å². The lowest BCUT2D eigenvalue weighted by atomic mass is 9.81. The number of hydrogen-bond donors (Lipinski definition) is 1. The molecule has 1 aliphatic rings. The maximum atomic E-state index is 5.74. The molecule has 0 unspecified atom stereocenters. The van der Waals surface area contributed by atoms with Gasteiger partial charge >= 0.3 is 0 Å². The molecule has 0 fully saturated rings. The Bertz CT molecular complexity index is 2160. The number of nitrogens with one attached hydrogen (secondary N) is 1. The predicted molar refractivity (Wildman–Crippen MR) is 185 cm³/mol. The number of hydrogen-bond acceptors (Lipinski definition) is 2. The zero-order valence-corrected chi connectivity index (χ0v) is 25.3. The van der Waals surface area contributed by atoms with Crippen molar-refractivity contribution in [3.05, 3.63) is 145 Å². The second-order valence-corrected chi connectivity index (χ2v) is 12.1. The third-order valence-electron chi connectivity index (χ3n) is 9.19. The Kier molecular flexibility index (Phi) is 6.09. The first-order valence-electron chi connectivity index (χ1n) is 15.4. The molecular weight excluding hydrogens is 536 g/mol. The number of aromatic amines is 1. The molecule has 0 bridgehead atoms. The molecule has 1 heterocycles. The van der Waals surface area contributed by atoms with E-state index in [4.69, 9.17) is 4.74 Å². The normalized spacial score (nSPS) is 13.2. The second kappa shape index (κ2) is 10.2. The molecule has 1 aliphatic carbocycles. The first-order valence-corrected chi connectivity index (χ1v) is 15.4. The molecule has 3 heteroatoms. The van der Waals surface area contributed by atoms with Crippen LogP contribution in [0.1, 0.15) is 31.9 Å². The summed E-state index contributed by atoms with van der Waals surface area (Å²) >= 11 is 0. The van der Waals surface area contributed by atoms with Gasteiger partial charge in [-0.3, -0.25) is 0 Å². The Balaban J connectivity index is 1.23. The van der Waals surface area contributed by atoms with Crippen molar-refractivity contribution in [3.8, 4) is 28.0 Å². The van der Waals surface area contributed by atoms with E-state index in [1.54, 1.807) is 0 Å². The summed E-state index contributed by atoms with van der Waals surface area (Å²) in [4.78, 5) is 6.03. The summed E-state index contributed by atoms with van der Waals surface area (Å²) in [7, 11) is 0. The van der Waals surface area contributed by atoms with Crippen LogP contribution < -0.4 is 9.64 Å². The van der Waals surface area contributed by atoms with Gasteiger partial charge in [-0.1, -0.05) is 86.6 Å². The van der Waals surface area contributed by atoms with Gasteiger partial charge in [0.2, 0.25) is 0 Å². The third kappa shape index (κ3) is 4.11. The number of rotatable bonds is 6. The lowest BCUT2D eigenvalue weighted by molar-refractivity contribution is 0.340. The van der Waals surface area contributed by atoms with Crippen molar-refractivity contribution in [1.82, 2.24) is 4.98 Å². The van der Waals surface area contributed by atoms with Gasteiger partial charge < -0.3 is 14.6 Å². The van der Waals surface area contributed by atoms with Gasteiger partial charge in [-0.25, -0.2) is 0 Å². The van der Waals surface area contributed by atoms with Crippen LogP contribution in [-0.2, 0) is 5.41 Å². The van der Waals surface area contributed by atoms with E-state index in [0.29, 0.717) is 6.61 Å². The van der Waals surface area contributed by atoms with Gasteiger partial charge in [-0.15, -0.1) is 0 Å². The minimum atomic E-state index is -0.161. The average molecular weight is 571 g/mol. The monoisotopic (exact) mass is 570 g/mol. The fourth-order valence-corrected chi connectivity index (χ4v) is 7.03. The van der Waals surface area contributed by atoms with Crippen molar-refractivity contribution in [2.75, 3.05) is 11.5 Å². The van der Waals surface area contributed by atoms with Crippen LogP contribution in [0.2, 0.25) is 0 Å². The lowest BCUT2D eigenvalue weighted by Crippen LogP contribution is -2.16. The van der Waals surface area contributed by atoms with Crippen LogP contribution in [0.15, 0.2) is 133 Å². The number of para-hydroxylation sites is 3. The predicted octanol–water partition coefficient (Wildman–Crippen LogP) is 11.2. The van der Waals surface area contributed by atoms with E-state index in [0.717, 1.165) is 22.8 Å². The summed E-state index contributed by atoms with van der Waals surface area (Å²) in [5.41, 5.74) is 13.4. The molecule has 0 saturated carbocycles. The van der Waals surface area contributed by atoms with E-state index < -0.39 is 0 Å². The number of fused-ring (bicyclic) bond motifs is 6. The minimum absolute atomic E-state index is 0.161. The molecule has 8 rings (SSSR count). The van der Waals surface area contributed by atoms with Crippen LogP contribution >= 0.6 is 0 Å². The van der Waals surface area contributed by atoms with Crippen molar-refractivity contribution >= 4 is 38.9 Å². The number of aromatic nitrogens is 1. The first kappa shape index (κ1) is 26.4. The summed E-state index contributed by atoms with van der Waals surface area (Å²) in [5.74, 6) is 0.883. The van der Waals surface area contributed by atoms with Crippen LogP contribution in [0, 0.1) is 0 Å². The Hall–Kier alpha value is -5.28. The summed E-state index contributed by atoms with van der Waals surface area (Å²) in [5, 5.41) is 2.53. The molecule has 0 saturated heterocycles. The molecule has 0 atom stereocenters. The summed E-state index contributed by atoms with van der Waals surface area (Å²) < 4.78 is 5.74. The van der Waals surface area contributed by atoms with Crippen LogP contribution in [0.3, 0.4) is 0 Å². The van der Waals surface area contributed by atoms with E-state index >= 15 is 0 Å². The number of anilines is 3. The van der Waals surface area contributed by atoms with E-state index in [-0.39, 0.29) is 5.41 Å². The maximum Gasteiger partial charge on any atom is 0.119 e. The van der Waals surface area contributed by atoms with E-state index in [2.05, 4.69) is 157 Å². The molecule has 0 spiro atoms. The molecule has 214 valence electrons. The number of ether oxygens (including phenoxy) is 1. The second-order valence-electron chi connectivity index (χ2n) is 12.1. The van der Waals surface area contributed by atoms with Crippen molar-refractivity contribution in [1.29, 1.82) is 0 Å². The number of benzene rings is 6. The number of nitrogens with zero attached hydrogens (tertiary/aromatic N) is 1. The zero-order valence-electron chi connectivity index (χ0n) is 25.3. The highest BCUT2D eigenvalue weighted by atomic mass is 16.5. The quantitative estimate of drug-likeness (QED) is 0.215. The van der Waals surface area contributed by atoms with E-state index in [1.807, 2.05) is 6.92 Å². The molecule has 1 aromatic heterocycles. The summed E-state index contributed by atoms with van der Waals surface area (Å²) in [6.07, 6.45) is 0. The Morgan fingerprint density at radius 3 is 2.05 bits per heavy atom. The molecule has 0 radical (unpaired) electrons. The molecule has 3 nitrogen and oxygen atoms in total. The first-order chi connectivity index (χ1) is 21.5. The van der Waals surface area contributed by atoms with Crippen LogP contribution in [0.4, 0.5) is 17.1 Å². The highest BCUT2D eigenvalue weighted by molar-refractivity contribution is 6.12. The molecule has 0 aliphatic heterocycles. The molecular formula is C41H34N2O. The van der Waals surface area contributed by atoms with Crippen molar-refractivity contribution in [2.45, 2.75) is 26.2 Å². The SMILES string of the molecule is CCOc1ccc(N(c2ccccc2)c2ccc3c(c2)C(C)(C)c2cc(-c4cccc5c4[nH]c4ccccc45)ccc2-3)cc1.